The van der Waals surface area contributed by atoms with Crippen molar-refractivity contribution >= 4 is 11.6 Å². The molecule has 0 bridgehead atoms. The summed E-state index contributed by atoms with van der Waals surface area (Å²) in [6.45, 7) is 3.70. The molecule has 26 heavy (non-hydrogen) atoms. The van der Waals surface area contributed by atoms with Crippen molar-refractivity contribution in [1.29, 1.82) is 0 Å². The quantitative estimate of drug-likeness (QED) is 0.865. The number of aliphatic hydroxyl groups is 1. The van der Waals surface area contributed by atoms with Crippen molar-refractivity contribution in [2.24, 2.45) is 0 Å². The van der Waals surface area contributed by atoms with E-state index >= 15 is 0 Å². The first-order valence-electron chi connectivity index (χ1n) is 8.32. The number of ether oxygens (including phenoxy) is 1. The normalized spacial score (nSPS) is 13.5. The molecule has 0 atom stereocenters. The number of nitrogens with zero attached hydrogens (tertiary/aromatic N) is 1. The van der Waals surface area contributed by atoms with Crippen LogP contribution < -0.4 is 15.0 Å². The van der Waals surface area contributed by atoms with E-state index in [0.717, 1.165) is 11.3 Å². The van der Waals surface area contributed by atoms with Gasteiger partial charge in [-0.2, -0.15) is 0 Å². The van der Waals surface area contributed by atoms with E-state index in [0.29, 0.717) is 12.3 Å². The molecule has 2 N–H and O–H groups in total. The summed E-state index contributed by atoms with van der Waals surface area (Å²) >= 11 is 0. The van der Waals surface area contributed by atoms with Crippen molar-refractivity contribution in [2.45, 2.75) is 26.0 Å². The molecule has 0 saturated carbocycles. The molecule has 1 aliphatic heterocycles. The lowest BCUT2D eigenvalue weighted by Gasteiger charge is -2.29. The Labute approximate surface area is 151 Å². The highest BCUT2D eigenvalue weighted by molar-refractivity contribution is 5.93. The lowest BCUT2D eigenvalue weighted by Crippen LogP contribution is -2.40. The fourth-order valence-electron chi connectivity index (χ4n) is 2.59. The molecule has 0 aromatic heterocycles. The molecule has 6 heteroatoms. The van der Waals surface area contributed by atoms with Crippen LogP contribution in [-0.4, -0.2) is 23.2 Å². The summed E-state index contributed by atoms with van der Waals surface area (Å²) in [5.41, 5.74) is 0.536. The average molecular weight is 356 g/mol. The Bertz CT molecular complexity index is 843. The fourth-order valence-corrected chi connectivity index (χ4v) is 2.59. The molecule has 5 nitrogen and oxygen atoms in total. The first kappa shape index (κ1) is 17.9. The molecule has 1 amide bonds. The molecule has 0 saturated heterocycles. The van der Waals surface area contributed by atoms with Crippen molar-refractivity contribution in [3.63, 3.8) is 0 Å². The van der Waals surface area contributed by atoms with Crippen molar-refractivity contribution in [1.82, 2.24) is 5.32 Å². The summed E-state index contributed by atoms with van der Waals surface area (Å²) in [7, 11) is 0. The Balaban J connectivity index is 1.85. The predicted molar refractivity (Wildman–Crippen MR) is 97.0 cm³/mol. The third kappa shape index (κ3) is 4.40. The minimum atomic E-state index is -1.02. The van der Waals surface area contributed by atoms with Gasteiger partial charge in [-0.3, -0.25) is 4.79 Å². The molecule has 0 radical (unpaired) electrons. The zero-order valence-electron chi connectivity index (χ0n) is 14.7. The van der Waals surface area contributed by atoms with E-state index in [1.165, 1.54) is 12.1 Å². The molecule has 3 rings (SSSR count). The van der Waals surface area contributed by atoms with Crippen LogP contribution in [0.25, 0.3) is 0 Å². The van der Waals surface area contributed by atoms with E-state index < -0.39 is 11.5 Å². The van der Waals surface area contributed by atoms with Gasteiger partial charge >= 0.3 is 0 Å². The molecular formula is C20H21FN2O3. The van der Waals surface area contributed by atoms with Crippen LogP contribution in [0.2, 0.25) is 0 Å². The maximum absolute atomic E-state index is 13.5. The summed E-state index contributed by atoms with van der Waals surface area (Å²) in [4.78, 5) is 14.2. The second-order valence-electron chi connectivity index (χ2n) is 6.82. The highest BCUT2D eigenvalue weighted by Gasteiger charge is 2.24. The number of hydrogen-bond donors (Lipinski definition) is 2. The Hall–Kier alpha value is -2.86. The van der Waals surface area contributed by atoms with Gasteiger partial charge in [0.15, 0.2) is 5.75 Å². The number of anilines is 1. The highest BCUT2D eigenvalue weighted by atomic mass is 19.1. The molecule has 136 valence electrons. The summed E-state index contributed by atoms with van der Waals surface area (Å²) < 4.78 is 19.2. The largest absolute Gasteiger partial charge is 0.448 e. The van der Waals surface area contributed by atoms with E-state index in [2.05, 4.69) is 5.32 Å². The number of fused-ring (bicyclic) bond motifs is 1. The molecule has 2 aromatic carbocycles. The van der Waals surface area contributed by atoms with E-state index in [1.807, 2.05) is 29.2 Å². The standard InChI is InChI=1S/C20H21FN2O3/c1-20(2,25)13-22-19(24)18-12-23(11-14-6-5-7-15(21)10-14)16-8-3-4-9-17(16)26-18/h3-10,12,25H,11,13H2,1-2H3,(H,22,24). The zero-order valence-corrected chi connectivity index (χ0v) is 14.7. The summed E-state index contributed by atoms with van der Waals surface area (Å²) in [6.07, 6.45) is 1.59. The third-order valence-electron chi connectivity index (χ3n) is 3.81. The SMILES string of the molecule is CC(C)(O)CNC(=O)C1=CN(Cc2cccc(F)c2)c2ccccc2O1. The molecule has 0 spiro atoms. The lowest BCUT2D eigenvalue weighted by molar-refractivity contribution is -0.120. The molecule has 0 fully saturated rings. The fraction of sp³-hybridized carbons (Fsp3) is 0.250. The predicted octanol–water partition coefficient (Wildman–Crippen LogP) is 2.95. The number of nitrogens with one attached hydrogen (secondary N) is 1. The average Bonchev–Trinajstić information content (AvgIpc) is 2.59. The maximum atomic E-state index is 13.5. The van der Waals surface area contributed by atoms with E-state index in [-0.39, 0.29) is 18.1 Å². The maximum Gasteiger partial charge on any atom is 0.288 e. The number of hydrogen-bond acceptors (Lipinski definition) is 4. The second kappa shape index (κ2) is 7.17. The number of carbonyl (C=O) groups is 1. The van der Waals surface area contributed by atoms with Crippen molar-refractivity contribution in [2.75, 3.05) is 11.4 Å². The van der Waals surface area contributed by atoms with Crippen LogP contribution in [0.4, 0.5) is 10.1 Å². The molecular weight excluding hydrogens is 335 g/mol. The van der Waals surface area contributed by atoms with Crippen LogP contribution >= 0.6 is 0 Å². The summed E-state index contributed by atoms with van der Waals surface area (Å²) in [5, 5.41) is 12.4. The van der Waals surface area contributed by atoms with Crippen molar-refractivity contribution in [3.8, 4) is 5.75 Å². The van der Waals surface area contributed by atoms with Gasteiger partial charge in [0.1, 0.15) is 5.82 Å². The van der Waals surface area contributed by atoms with Crippen molar-refractivity contribution < 1.29 is 19.0 Å². The van der Waals surface area contributed by atoms with Gasteiger partial charge in [0.05, 0.1) is 17.5 Å². The molecule has 0 unspecified atom stereocenters. The Morgan fingerprint density at radius 1 is 1.23 bits per heavy atom. The van der Waals surface area contributed by atoms with Crippen LogP contribution in [0.1, 0.15) is 19.4 Å². The van der Waals surface area contributed by atoms with Gasteiger partial charge < -0.3 is 20.1 Å². The first-order chi connectivity index (χ1) is 12.3. The monoisotopic (exact) mass is 356 g/mol. The Morgan fingerprint density at radius 2 is 2.00 bits per heavy atom. The third-order valence-corrected chi connectivity index (χ3v) is 3.81. The van der Waals surface area contributed by atoms with Gasteiger partial charge in [0, 0.05) is 13.1 Å². The van der Waals surface area contributed by atoms with Gasteiger partial charge in [0.25, 0.3) is 5.91 Å². The Morgan fingerprint density at radius 3 is 2.73 bits per heavy atom. The number of halogens is 1. The molecule has 2 aromatic rings. The van der Waals surface area contributed by atoms with Crippen molar-refractivity contribution in [3.05, 3.63) is 71.9 Å². The molecule has 1 aliphatic rings. The minimum absolute atomic E-state index is 0.0953. The van der Waals surface area contributed by atoms with Gasteiger partial charge in [-0.1, -0.05) is 24.3 Å². The van der Waals surface area contributed by atoms with Crippen LogP contribution in [0.15, 0.2) is 60.5 Å². The van der Waals surface area contributed by atoms with Crippen LogP contribution in [0, 0.1) is 5.82 Å². The summed E-state index contributed by atoms with van der Waals surface area (Å²) in [6, 6.07) is 13.6. The van der Waals surface area contributed by atoms with Crippen LogP contribution in [0.3, 0.4) is 0 Å². The number of benzene rings is 2. The zero-order chi connectivity index (χ0) is 18.7. The van der Waals surface area contributed by atoms with Crippen LogP contribution in [0.5, 0.6) is 5.75 Å². The Kier molecular flexibility index (Phi) is 4.95. The molecule has 0 aliphatic carbocycles. The lowest BCUT2D eigenvalue weighted by atomic mass is 10.1. The summed E-state index contributed by atoms with van der Waals surface area (Å²) in [5.74, 6) is -0.0776. The van der Waals surface area contributed by atoms with Gasteiger partial charge in [-0.15, -0.1) is 0 Å². The first-order valence-corrected chi connectivity index (χ1v) is 8.32. The number of rotatable bonds is 5. The van der Waals surface area contributed by atoms with E-state index in [1.54, 1.807) is 32.2 Å². The van der Waals surface area contributed by atoms with Gasteiger partial charge in [-0.25, -0.2) is 4.39 Å². The van der Waals surface area contributed by atoms with Gasteiger partial charge in [-0.05, 0) is 43.7 Å². The minimum Gasteiger partial charge on any atom is -0.448 e. The van der Waals surface area contributed by atoms with Crippen LogP contribution in [-0.2, 0) is 11.3 Å². The smallest absolute Gasteiger partial charge is 0.288 e. The number of amides is 1. The highest BCUT2D eigenvalue weighted by Crippen LogP contribution is 2.34. The number of para-hydroxylation sites is 2. The van der Waals surface area contributed by atoms with Gasteiger partial charge in [0.2, 0.25) is 5.76 Å². The topological polar surface area (TPSA) is 61.8 Å². The van der Waals surface area contributed by atoms with E-state index in [4.69, 9.17) is 4.74 Å². The van der Waals surface area contributed by atoms with E-state index in [9.17, 15) is 14.3 Å². The number of carbonyl (C=O) groups excluding carboxylic acids is 1. The molecule has 1 heterocycles. The second-order valence-corrected chi connectivity index (χ2v) is 6.82.